The molecule has 0 aromatic heterocycles. The number of thiocarbonyl (C=S) groups is 1. The number of halogens is 2. The van der Waals surface area contributed by atoms with E-state index in [1.54, 1.807) is 43.4 Å². The van der Waals surface area contributed by atoms with E-state index in [1.807, 2.05) is 6.07 Å². The third kappa shape index (κ3) is 5.88. The van der Waals surface area contributed by atoms with Gasteiger partial charge in [0.2, 0.25) is 6.17 Å². The number of ether oxygens (including phenoxy) is 2. The third-order valence-corrected chi connectivity index (χ3v) is 6.67. The number of carbonyl (C=O) groups excluding carboxylic acids is 3. The van der Waals surface area contributed by atoms with E-state index in [0.717, 1.165) is 0 Å². The van der Waals surface area contributed by atoms with Crippen LogP contribution in [0.1, 0.15) is 31.8 Å². The number of rotatable bonds is 5. The number of benzene rings is 3. The zero-order valence-electron chi connectivity index (χ0n) is 21.0. The van der Waals surface area contributed by atoms with Crippen molar-refractivity contribution in [2.75, 3.05) is 31.5 Å². The number of aliphatic imine (C=N–C) groups is 1. The second kappa shape index (κ2) is 11.8. The standard InChI is InChI=1S/C27H22Cl2N4O5S/c1-33-21-11-9-15(28)13-18(21)22(16-6-4-5-7-19(16)29)31-23(24(33)34)32-27(39)30-20-12-14(25(35)37-2)8-10-17(20)26(36)38-3/h4-13,23H,1-3H3,(H2,30,32,39). The van der Waals surface area contributed by atoms with E-state index < -0.39 is 24.0 Å². The molecule has 0 fully saturated rings. The number of nitrogens with one attached hydrogen (secondary N) is 2. The smallest absolute Gasteiger partial charge is 0.339 e. The van der Waals surface area contributed by atoms with Crippen molar-refractivity contribution in [3.63, 3.8) is 0 Å². The second-order valence-corrected chi connectivity index (χ2v) is 9.51. The fraction of sp³-hybridized carbons (Fsp3) is 0.148. The summed E-state index contributed by atoms with van der Waals surface area (Å²) in [6, 6.07) is 16.4. The average Bonchev–Trinajstić information content (AvgIpc) is 3.02. The molecule has 1 amide bonds. The minimum Gasteiger partial charge on any atom is -0.465 e. The summed E-state index contributed by atoms with van der Waals surface area (Å²) in [5, 5.41) is 6.62. The normalized spacial score (nSPS) is 14.5. The van der Waals surface area contributed by atoms with Crippen molar-refractivity contribution in [1.82, 2.24) is 5.32 Å². The van der Waals surface area contributed by atoms with Crippen molar-refractivity contribution in [2.45, 2.75) is 6.17 Å². The topological polar surface area (TPSA) is 109 Å². The van der Waals surface area contributed by atoms with Crippen LogP contribution in [0.3, 0.4) is 0 Å². The van der Waals surface area contributed by atoms with Crippen LogP contribution < -0.4 is 15.5 Å². The SMILES string of the molecule is COC(=O)c1ccc(C(=O)OC)c(NC(=S)NC2N=C(c3ccccc3Cl)c3cc(Cl)ccc3N(C)C2=O)c1. The molecule has 0 spiro atoms. The summed E-state index contributed by atoms with van der Waals surface area (Å²) in [6.07, 6.45) is -1.18. The summed E-state index contributed by atoms with van der Waals surface area (Å²) in [6.45, 7) is 0. The summed E-state index contributed by atoms with van der Waals surface area (Å²) < 4.78 is 9.61. The molecule has 0 bridgehead atoms. The fourth-order valence-electron chi connectivity index (χ4n) is 3.97. The molecule has 1 unspecified atom stereocenters. The van der Waals surface area contributed by atoms with E-state index >= 15 is 0 Å². The number of likely N-dealkylation sites (N-methyl/N-ethyl adjacent to an activating group) is 1. The van der Waals surface area contributed by atoms with Crippen molar-refractivity contribution in [3.05, 3.63) is 93.0 Å². The van der Waals surface area contributed by atoms with Gasteiger partial charge in [-0.05, 0) is 54.7 Å². The Morgan fingerprint density at radius 3 is 2.38 bits per heavy atom. The minimum atomic E-state index is -1.18. The first-order valence-corrected chi connectivity index (χ1v) is 12.6. The van der Waals surface area contributed by atoms with Gasteiger partial charge >= 0.3 is 11.9 Å². The molecule has 1 aliphatic heterocycles. The van der Waals surface area contributed by atoms with Crippen LogP contribution in [0.25, 0.3) is 0 Å². The molecular formula is C27H22Cl2N4O5S. The Bertz CT molecular complexity index is 1530. The van der Waals surface area contributed by atoms with Crippen LogP contribution in [0.2, 0.25) is 10.0 Å². The first-order chi connectivity index (χ1) is 18.6. The van der Waals surface area contributed by atoms with Gasteiger partial charge in [0, 0.05) is 28.2 Å². The van der Waals surface area contributed by atoms with Gasteiger partial charge in [-0.25, -0.2) is 14.6 Å². The van der Waals surface area contributed by atoms with Crippen molar-refractivity contribution < 1.29 is 23.9 Å². The zero-order chi connectivity index (χ0) is 28.3. The summed E-state index contributed by atoms with van der Waals surface area (Å²) >= 11 is 18.3. The summed E-state index contributed by atoms with van der Waals surface area (Å²) in [5.41, 5.74) is 2.66. The minimum absolute atomic E-state index is 0.0415. The monoisotopic (exact) mass is 584 g/mol. The highest BCUT2D eigenvalue weighted by molar-refractivity contribution is 7.80. The summed E-state index contributed by atoms with van der Waals surface area (Å²) in [7, 11) is 4.08. The van der Waals surface area contributed by atoms with Gasteiger partial charge in [0.15, 0.2) is 5.11 Å². The number of benzodiazepines with no additional fused rings is 1. The maximum absolute atomic E-state index is 13.5. The van der Waals surface area contributed by atoms with Crippen LogP contribution in [-0.2, 0) is 14.3 Å². The van der Waals surface area contributed by atoms with Crippen molar-refractivity contribution in [3.8, 4) is 0 Å². The molecule has 0 saturated carbocycles. The number of anilines is 2. The van der Waals surface area contributed by atoms with E-state index in [-0.39, 0.29) is 21.9 Å². The quantitative estimate of drug-likeness (QED) is 0.328. The largest absolute Gasteiger partial charge is 0.465 e. The number of amides is 1. The molecule has 1 aliphatic rings. The van der Waals surface area contributed by atoms with Crippen molar-refractivity contribution in [1.29, 1.82) is 0 Å². The highest BCUT2D eigenvalue weighted by Crippen LogP contribution is 2.32. The molecular weight excluding hydrogens is 563 g/mol. The van der Waals surface area contributed by atoms with Crippen LogP contribution in [-0.4, -0.2) is 56.1 Å². The number of carbonyl (C=O) groups is 3. The maximum atomic E-state index is 13.5. The molecule has 12 heteroatoms. The Balaban J connectivity index is 1.73. The zero-order valence-corrected chi connectivity index (χ0v) is 23.3. The summed E-state index contributed by atoms with van der Waals surface area (Å²) in [4.78, 5) is 44.1. The Hall–Kier alpha value is -3.99. The van der Waals surface area contributed by atoms with E-state index in [9.17, 15) is 14.4 Å². The molecule has 1 atom stereocenters. The lowest BCUT2D eigenvalue weighted by atomic mass is 10.00. The van der Waals surface area contributed by atoms with Gasteiger partial charge in [-0.1, -0.05) is 41.4 Å². The number of fused-ring (bicyclic) bond motifs is 1. The molecule has 3 aromatic rings. The molecule has 1 heterocycles. The number of hydrogen-bond acceptors (Lipinski definition) is 7. The lowest BCUT2D eigenvalue weighted by Crippen LogP contribution is -2.47. The van der Waals surface area contributed by atoms with Gasteiger partial charge in [0.05, 0.1) is 42.4 Å². The molecule has 200 valence electrons. The highest BCUT2D eigenvalue weighted by Gasteiger charge is 2.31. The van der Waals surface area contributed by atoms with Gasteiger partial charge < -0.3 is 25.0 Å². The molecule has 2 N–H and O–H groups in total. The van der Waals surface area contributed by atoms with Crippen molar-refractivity contribution >= 4 is 75.5 Å². The number of methoxy groups -OCH3 is 2. The Labute approximate surface area is 239 Å². The van der Waals surface area contributed by atoms with Gasteiger partial charge in [0.1, 0.15) is 0 Å². The molecule has 39 heavy (non-hydrogen) atoms. The molecule has 0 saturated heterocycles. The number of hydrogen-bond donors (Lipinski definition) is 2. The molecule has 0 radical (unpaired) electrons. The van der Waals surface area contributed by atoms with Gasteiger partial charge in [-0.2, -0.15) is 0 Å². The predicted molar refractivity (Wildman–Crippen MR) is 154 cm³/mol. The van der Waals surface area contributed by atoms with Crippen LogP contribution >= 0.6 is 35.4 Å². The number of esters is 2. The van der Waals surface area contributed by atoms with Crippen molar-refractivity contribution in [2.24, 2.45) is 4.99 Å². The van der Waals surface area contributed by atoms with Gasteiger partial charge in [-0.3, -0.25) is 4.79 Å². The molecule has 3 aromatic carbocycles. The molecule has 0 aliphatic carbocycles. The third-order valence-electron chi connectivity index (χ3n) is 5.89. The van der Waals surface area contributed by atoms with E-state index in [1.165, 1.54) is 37.3 Å². The lowest BCUT2D eigenvalue weighted by molar-refractivity contribution is -0.119. The Morgan fingerprint density at radius 1 is 0.974 bits per heavy atom. The highest BCUT2D eigenvalue weighted by atomic mass is 35.5. The average molecular weight is 585 g/mol. The number of nitrogens with zero attached hydrogens (tertiary/aromatic N) is 2. The van der Waals surface area contributed by atoms with Gasteiger partial charge in [0.25, 0.3) is 5.91 Å². The van der Waals surface area contributed by atoms with E-state index in [0.29, 0.717) is 32.6 Å². The lowest BCUT2D eigenvalue weighted by Gasteiger charge is -2.22. The second-order valence-electron chi connectivity index (χ2n) is 8.26. The molecule has 9 nitrogen and oxygen atoms in total. The Morgan fingerprint density at radius 2 is 1.69 bits per heavy atom. The first-order valence-electron chi connectivity index (χ1n) is 11.4. The van der Waals surface area contributed by atoms with E-state index in [4.69, 9.17) is 49.9 Å². The van der Waals surface area contributed by atoms with E-state index in [2.05, 4.69) is 10.6 Å². The maximum Gasteiger partial charge on any atom is 0.339 e. The van der Waals surface area contributed by atoms with Crippen LogP contribution in [0, 0.1) is 0 Å². The van der Waals surface area contributed by atoms with Crippen LogP contribution in [0.15, 0.2) is 65.7 Å². The van der Waals surface area contributed by atoms with Crippen LogP contribution in [0.4, 0.5) is 11.4 Å². The van der Waals surface area contributed by atoms with Gasteiger partial charge in [-0.15, -0.1) is 0 Å². The first kappa shape index (κ1) is 28.0. The summed E-state index contributed by atoms with van der Waals surface area (Å²) in [5.74, 6) is -1.69. The fourth-order valence-corrected chi connectivity index (χ4v) is 4.59. The molecule has 4 rings (SSSR count). The van der Waals surface area contributed by atoms with Crippen LogP contribution in [0.5, 0.6) is 0 Å². The Kier molecular flexibility index (Phi) is 8.49. The predicted octanol–water partition coefficient (Wildman–Crippen LogP) is 4.69.